The number of halogens is 9. The maximum Gasteiger partial charge on any atom is 0.435 e. The van der Waals surface area contributed by atoms with Crippen molar-refractivity contribution in [1.29, 1.82) is 0 Å². The Balaban J connectivity index is 1.27. The second-order valence-electron chi connectivity index (χ2n) is 13.8. The molecule has 3 heterocycles. The predicted molar refractivity (Wildman–Crippen MR) is 188 cm³/mol. The molecule has 8 rings (SSSR count). The predicted octanol–water partition coefficient (Wildman–Crippen LogP) is 7.30. The monoisotopic (exact) mass is 829 g/mol. The number of nitrogens with two attached hydrogens (primary N) is 2. The molecule has 0 aliphatic heterocycles. The lowest BCUT2D eigenvalue weighted by Gasteiger charge is -2.23. The average Bonchev–Trinajstić information content (AvgIpc) is 3.59. The molecule has 298 valence electrons. The summed E-state index contributed by atoms with van der Waals surface area (Å²) in [4.78, 5) is 47.0. The van der Waals surface area contributed by atoms with Crippen molar-refractivity contribution in [2.45, 2.75) is 43.4 Å². The first kappa shape index (κ1) is 38.6. The Bertz CT molecular complexity index is 2710. The first-order valence-corrected chi connectivity index (χ1v) is 17.9. The van der Waals surface area contributed by atoms with Crippen LogP contribution in [0.5, 0.6) is 0 Å². The second kappa shape index (κ2) is 13.7. The molecule has 1 unspecified atom stereocenters. The van der Waals surface area contributed by atoms with E-state index in [1.54, 1.807) is 0 Å². The zero-order valence-electron chi connectivity index (χ0n) is 29.1. The summed E-state index contributed by atoms with van der Waals surface area (Å²) in [5.41, 5.74) is 6.60. The van der Waals surface area contributed by atoms with Gasteiger partial charge < -0.3 is 16.8 Å². The van der Waals surface area contributed by atoms with Crippen molar-refractivity contribution in [1.82, 2.24) is 25.1 Å². The molecule has 0 radical (unpaired) electrons. The molecule has 0 saturated heterocycles. The van der Waals surface area contributed by atoms with Gasteiger partial charge in [-0.1, -0.05) is 6.07 Å². The Kier molecular flexibility index (Phi) is 9.09. The SMILES string of the molecule is NC(=O)c1cc(-c2nc3nc(C(Cc4cc(F)cc(F)c4)NC(=O)Cn4nc(C(F)(F)F)c5c4C(F)(F)[C@@H]4C[C@H]54)c(-c4ccc(F)c(C(N)=O)c4)cc3s2)ccc1F. The van der Waals surface area contributed by atoms with Crippen LogP contribution >= 0.6 is 11.3 Å². The molecular formula is C38H24F9N7O3S. The Morgan fingerprint density at radius 3 is 2.12 bits per heavy atom. The quantitative estimate of drug-likeness (QED) is 0.123. The first-order chi connectivity index (χ1) is 27.3. The number of nitrogens with one attached hydrogen (secondary N) is 1. The Morgan fingerprint density at radius 1 is 0.879 bits per heavy atom. The fraction of sp³-hybridized carbons (Fsp3) is 0.211. The molecular weight excluding hydrogens is 806 g/mol. The molecule has 1 fully saturated rings. The average molecular weight is 830 g/mol. The minimum Gasteiger partial charge on any atom is -0.366 e. The molecule has 2 aliphatic rings. The van der Waals surface area contributed by atoms with Gasteiger partial charge in [0.25, 0.3) is 17.7 Å². The third-order valence-corrected chi connectivity index (χ3v) is 11.0. The number of benzene rings is 3. The Labute approximate surface area is 323 Å². The van der Waals surface area contributed by atoms with E-state index in [-0.39, 0.29) is 45.0 Å². The summed E-state index contributed by atoms with van der Waals surface area (Å²) in [6, 6.07) is 9.10. The van der Waals surface area contributed by atoms with Gasteiger partial charge in [0.1, 0.15) is 40.5 Å². The van der Waals surface area contributed by atoms with Gasteiger partial charge in [-0.05, 0) is 78.4 Å². The number of nitrogens with zero attached hydrogens (tertiary/aromatic N) is 4. The topological polar surface area (TPSA) is 159 Å². The van der Waals surface area contributed by atoms with Crippen LogP contribution in [0, 0.1) is 29.2 Å². The van der Waals surface area contributed by atoms with Crippen LogP contribution in [0.25, 0.3) is 32.0 Å². The molecule has 58 heavy (non-hydrogen) atoms. The molecule has 5 N–H and O–H groups in total. The first-order valence-electron chi connectivity index (χ1n) is 17.1. The molecule has 6 aromatic rings. The number of primary amides is 2. The van der Waals surface area contributed by atoms with Crippen LogP contribution in [-0.2, 0) is 29.9 Å². The molecule has 3 atom stereocenters. The van der Waals surface area contributed by atoms with E-state index in [0.29, 0.717) is 15.4 Å². The molecule has 1 saturated carbocycles. The zero-order valence-corrected chi connectivity index (χ0v) is 29.9. The highest BCUT2D eigenvalue weighted by molar-refractivity contribution is 7.21. The molecule has 0 bridgehead atoms. The number of carbonyl (C=O) groups is 3. The van der Waals surface area contributed by atoms with E-state index in [4.69, 9.17) is 11.5 Å². The number of hydrogen-bond donors (Lipinski definition) is 3. The van der Waals surface area contributed by atoms with Crippen molar-refractivity contribution >= 4 is 39.4 Å². The van der Waals surface area contributed by atoms with Gasteiger partial charge in [-0.2, -0.15) is 27.1 Å². The van der Waals surface area contributed by atoms with Crippen LogP contribution in [0.3, 0.4) is 0 Å². The molecule has 3 aromatic heterocycles. The summed E-state index contributed by atoms with van der Waals surface area (Å²) in [5, 5.41) is 6.11. The maximum atomic E-state index is 15.3. The van der Waals surface area contributed by atoms with Crippen molar-refractivity contribution in [2.24, 2.45) is 17.4 Å². The number of carbonyl (C=O) groups excluding carboxylic acids is 3. The maximum absolute atomic E-state index is 15.3. The van der Waals surface area contributed by atoms with Gasteiger partial charge in [0.2, 0.25) is 5.91 Å². The Hall–Kier alpha value is -6.31. The lowest BCUT2D eigenvalue weighted by atomic mass is 9.94. The minimum atomic E-state index is -5.11. The van der Waals surface area contributed by atoms with E-state index in [9.17, 15) is 45.1 Å². The largest absolute Gasteiger partial charge is 0.435 e. The van der Waals surface area contributed by atoms with E-state index in [1.807, 2.05) is 0 Å². The molecule has 0 spiro atoms. The lowest BCUT2D eigenvalue weighted by Crippen LogP contribution is -2.35. The fourth-order valence-corrected chi connectivity index (χ4v) is 8.32. The van der Waals surface area contributed by atoms with E-state index in [2.05, 4.69) is 20.4 Å². The normalized spacial score (nSPS) is 17.2. The second-order valence-corrected chi connectivity index (χ2v) is 14.9. The number of amides is 3. The van der Waals surface area contributed by atoms with Crippen LogP contribution < -0.4 is 16.8 Å². The van der Waals surface area contributed by atoms with Crippen LogP contribution in [0.2, 0.25) is 0 Å². The molecule has 20 heteroatoms. The molecule has 2 aliphatic carbocycles. The standard InChI is InChI=1S/C38H24F9N7O3S/c39-17-5-14(6-18(40)10-17)7-26(50-28(55)13-54-32-29(31(53-54)38(45,46)47)20-11-23(20)37(32,43)44)30-19(15-1-3-24(41)21(8-15)33(48)56)12-27-35(51-30)52-36(58-27)16-2-4-25(42)22(9-16)34(49)57/h1-6,8-10,12,20,23,26H,7,11,13H2,(H2,48,56)(H2,49,57)(H,50,55)/t20-,23+,26?/m0/s1. The van der Waals surface area contributed by atoms with Crippen LogP contribution in [-0.4, -0.2) is 37.5 Å². The number of rotatable bonds is 10. The van der Waals surface area contributed by atoms with Gasteiger partial charge in [0, 0.05) is 28.7 Å². The van der Waals surface area contributed by atoms with E-state index < -0.39 is 112 Å². The minimum absolute atomic E-state index is 0.0378. The van der Waals surface area contributed by atoms with Crippen molar-refractivity contribution < 1.29 is 53.9 Å². The van der Waals surface area contributed by atoms with Crippen molar-refractivity contribution in [3.63, 3.8) is 0 Å². The van der Waals surface area contributed by atoms with Gasteiger partial charge in [-0.3, -0.25) is 19.1 Å². The number of alkyl halides is 5. The summed E-state index contributed by atoms with van der Waals surface area (Å²) in [5.74, 6) is -13.5. The highest BCUT2D eigenvalue weighted by atomic mass is 32.1. The third-order valence-electron chi connectivity index (χ3n) is 9.95. The lowest BCUT2D eigenvalue weighted by molar-refractivity contribution is -0.142. The third kappa shape index (κ3) is 6.79. The fourth-order valence-electron chi connectivity index (χ4n) is 7.38. The number of fused-ring (bicyclic) bond motifs is 4. The van der Waals surface area contributed by atoms with E-state index in [0.717, 1.165) is 47.7 Å². The number of hydrogen-bond acceptors (Lipinski definition) is 7. The summed E-state index contributed by atoms with van der Waals surface area (Å²) < 4.78 is 131. The number of thiazole rings is 1. The zero-order chi connectivity index (χ0) is 41.6. The summed E-state index contributed by atoms with van der Waals surface area (Å²) >= 11 is 0.987. The summed E-state index contributed by atoms with van der Waals surface area (Å²) in [6.07, 6.45) is -5.77. The van der Waals surface area contributed by atoms with Crippen molar-refractivity contribution in [3.05, 3.63) is 123 Å². The van der Waals surface area contributed by atoms with Crippen LogP contribution in [0.1, 0.15) is 67.3 Å². The number of aromatic nitrogens is 4. The van der Waals surface area contributed by atoms with Crippen LogP contribution in [0.15, 0.2) is 60.7 Å². The van der Waals surface area contributed by atoms with Crippen LogP contribution in [0.4, 0.5) is 39.5 Å². The van der Waals surface area contributed by atoms with Gasteiger partial charge in [0.15, 0.2) is 11.3 Å². The van der Waals surface area contributed by atoms with Gasteiger partial charge >= 0.3 is 6.18 Å². The molecule has 3 amide bonds. The highest BCUT2D eigenvalue weighted by Crippen LogP contribution is 2.68. The molecule has 10 nitrogen and oxygen atoms in total. The molecule has 3 aromatic carbocycles. The van der Waals surface area contributed by atoms with Gasteiger partial charge in [-0.15, -0.1) is 11.3 Å². The summed E-state index contributed by atoms with van der Waals surface area (Å²) in [6.45, 7) is -1.14. The van der Waals surface area contributed by atoms with E-state index in [1.165, 1.54) is 18.2 Å². The van der Waals surface area contributed by atoms with Gasteiger partial charge in [0.05, 0.1) is 27.6 Å². The van der Waals surface area contributed by atoms with Gasteiger partial charge in [-0.25, -0.2) is 27.5 Å². The van der Waals surface area contributed by atoms with Crippen molar-refractivity contribution in [2.75, 3.05) is 0 Å². The van der Waals surface area contributed by atoms with Crippen molar-refractivity contribution in [3.8, 4) is 21.7 Å². The highest BCUT2D eigenvalue weighted by Gasteiger charge is 2.68. The number of pyridine rings is 1. The summed E-state index contributed by atoms with van der Waals surface area (Å²) in [7, 11) is 0. The smallest absolute Gasteiger partial charge is 0.366 e. The Morgan fingerprint density at radius 2 is 1.50 bits per heavy atom. The van der Waals surface area contributed by atoms with E-state index >= 15 is 8.78 Å².